The summed E-state index contributed by atoms with van der Waals surface area (Å²) < 4.78 is 5.60. The molecule has 2 nitrogen and oxygen atoms in total. The molecule has 15 heavy (non-hydrogen) atoms. The van der Waals surface area contributed by atoms with Gasteiger partial charge in [-0.15, -0.1) is 0 Å². The van der Waals surface area contributed by atoms with E-state index in [-0.39, 0.29) is 0 Å². The van der Waals surface area contributed by atoms with E-state index in [1.165, 1.54) is 6.42 Å². The smallest absolute Gasteiger partial charge is 0.119 e. The van der Waals surface area contributed by atoms with Gasteiger partial charge in [-0.2, -0.15) is 0 Å². The molecule has 0 heterocycles. The molecule has 1 N–H and O–H groups in total. The summed E-state index contributed by atoms with van der Waals surface area (Å²) in [6.07, 6.45) is 5.23. The average molecular weight is 206 g/mol. The first-order valence-electron chi connectivity index (χ1n) is 5.69. The van der Waals surface area contributed by atoms with E-state index in [4.69, 9.17) is 4.74 Å². The van der Waals surface area contributed by atoms with Crippen LogP contribution in [-0.4, -0.2) is 17.3 Å². The van der Waals surface area contributed by atoms with Crippen LogP contribution < -0.4 is 4.74 Å². The molecule has 0 amide bonds. The zero-order valence-corrected chi connectivity index (χ0v) is 8.98. The maximum absolute atomic E-state index is 10.2. The Kier molecular flexibility index (Phi) is 3.27. The lowest BCUT2D eigenvalue weighted by Crippen LogP contribution is -2.37. The standard InChI is InChI=1S/C13H18O2/c14-13(9-5-2-6-10-13)11-15-12-7-3-1-4-8-12/h1,3-4,7-8,14H,2,5-6,9-11H2. The fourth-order valence-corrected chi connectivity index (χ4v) is 2.09. The van der Waals surface area contributed by atoms with Crippen LogP contribution in [-0.2, 0) is 0 Å². The van der Waals surface area contributed by atoms with Crippen molar-refractivity contribution >= 4 is 0 Å². The van der Waals surface area contributed by atoms with Crippen LogP contribution in [0, 0.1) is 0 Å². The minimum absolute atomic E-state index is 0.428. The van der Waals surface area contributed by atoms with E-state index in [0.717, 1.165) is 31.4 Å². The summed E-state index contributed by atoms with van der Waals surface area (Å²) in [5.41, 5.74) is -0.589. The first kappa shape index (κ1) is 10.5. The van der Waals surface area contributed by atoms with E-state index in [1.807, 2.05) is 30.3 Å². The van der Waals surface area contributed by atoms with Gasteiger partial charge in [0.1, 0.15) is 12.4 Å². The Hall–Kier alpha value is -1.02. The van der Waals surface area contributed by atoms with Gasteiger partial charge in [-0.1, -0.05) is 37.5 Å². The van der Waals surface area contributed by atoms with Crippen molar-refractivity contribution in [3.8, 4) is 5.75 Å². The van der Waals surface area contributed by atoms with Gasteiger partial charge in [0.15, 0.2) is 0 Å². The Bertz CT molecular complexity index is 289. The Morgan fingerprint density at radius 2 is 1.73 bits per heavy atom. The maximum atomic E-state index is 10.2. The summed E-state index contributed by atoms with van der Waals surface area (Å²) in [5, 5.41) is 10.2. The van der Waals surface area contributed by atoms with Crippen LogP contribution in [0.1, 0.15) is 32.1 Å². The van der Waals surface area contributed by atoms with E-state index in [1.54, 1.807) is 0 Å². The van der Waals surface area contributed by atoms with Gasteiger partial charge >= 0.3 is 0 Å². The number of benzene rings is 1. The van der Waals surface area contributed by atoms with Crippen LogP contribution in [0.25, 0.3) is 0 Å². The van der Waals surface area contributed by atoms with Crippen molar-refractivity contribution < 1.29 is 9.84 Å². The molecule has 0 unspecified atom stereocenters. The molecule has 1 aliphatic rings. The third-order valence-electron chi connectivity index (χ3n) is 3.03. The second kappa shape index (κ2) is 4.67. The van der Waals surface area contributed by atoms with Crippen LogP contribution in [0.5, 0.6) is 5.75 Å². The van der Waals surface area contributed by atoms with Gasteiger partial charge in [0, 0.05) is 0 Å². The average Bonchev–Trinajstić information content (AvgIpc) is 2.29. The summed E-state index contributed by atoms with van der Waals surface area (Å²) in [6, 6.07) is 9.70. The SMILES string of the molecule is OC1(COc2ccccc2)CCCCC1. The summed E-state index contributed by atoms with van der Waals surface area (Å²) in [7, 11) is 0. The minimum atomic E-state index is -0.589. The quantitative estimate of drug-likeness (QED) is 0.824. The topological polar surface area (TPSA) is 29.5 Å². The van der Waals surface area contributed by atoms with E-state index in [2.05, 4.69) is 0 Å². The van der Waals surface area contributed by atoms with Crippen molar-refractivity contribution in [2.45, 2.75) is 37.7 Å². The largest absolute Gasteiger partial charge is 0.491 e. The predicted octanol–water partition coefficient (Wildman–Crippen LogP) is 2.76. The third kappa shape index (κ3) is 2.96. The Morgan fingerprint density at radius 1 is 1.07 bits per heavy atom. The lowest BCUT2D eigenvalue weighted by Gasteiger charge is -2.31. The second-order valence-electron chi connectivity index (χ2n) is 4.39. The molecule has 0 aliphatic heterocycles. The molecular weight excluding hydrogens is 188 g/mol. The van der Waals surface area contributed by atoms with Crippen molar-refractivity contribution in [1.29, 1.82) is 0 Å². The van der Waals surface area contributed by atoms with Gasteiger partial charge in [-0.25, -0.2) is 0 Å². The molecule has 0 saturated heterocycles. The van der Waals surface area contributed by atoms with Gasteiger partial charge in [-0.3, -0.25) is 0 Å². The van der Waals surface area contributed by atoms with Gasteiger partial charge < -0.3 is 9.84 Å². The summed E-state index contributed by atoms with van der Waals surface area (Å²) >= 11 is 0. The number of para-hydroxylation sites is 1. The summed E-state index contributed by atoms with van der Waals surface area (Å²) in [5.74, 6) is 0.844. The van der Waals surface area contributed by atoms with Gasteiger partial charge in [0.05, 0.1) is 5.60 Å². The van der Waals surface area contributed by atoms with Crippen LogP contribution in [0.3, 0.4) is 0 Å². The lowest BCUT2D eigenvalue weighted by atomic mass is 9.85. The van der Waals surface area contributed by atoms with Gasteiger partial charge in [-0.05, 0) is 25.0 Å². The first-order valence-corrected chi connectivity index (χ1v) is 5.69. The molecule has 1 fully saturated rings. The van der Waals surface area contributed by atoms with Crippen molar-refractivity contribution in [1.82, 2.24) is 0 Å². The molecule has 1 aromatic carbocycles. The van der Waals surface area contributed by atoms with Gasteiger partial charge in [0.25, 0.3) is 0 Å². The highest BCUT2D eigenvalue weighted by molar-refractivity contribution is 5.21. The molecule has 0 atom stereocenters. The normalized spacial score (nSPS) is 19.8. The monoisotopic (exact) mass is 206 g/mol. The molecule has 0 bridgehead atoms. The van der Waals surface area contributed by atoms with Crippen LogP contribution in [0.4, 0.5) is 0 Å². The molecule has 1 aromatic rings. The third-order valence-corrected chi connectivity index (χ3v) is 3.03. The van der Waals surface area contributed by atoms with E-state index < -0.39 is 5.60 Å². The summed E-state index contributed by atoms with van der Waals surface area (Å²) in [6.45, 7) is 0.428. The Labute approximate surface area is 90.9 Å². The van der Waals surface area contributed by atoms with Crippen molar-refractivity contribution in [2.24, 2.45) is 0 Å². The zero-order valence-electron chi connectivity index (χ0n) is 8.98. The van der Waals surface area contributed by atoms with Crippen molar-refractivity contribution in [3.05, 3.63) is 30.3 Å². The first-order chi connectivity index (χ1) is 7.29. The minimum Gasteiger partial charge on any atom is -0.491 e. The molecule has 2 rings (SSSR count). The van der Waals surface area contributed by atoms with E-state index in [9.17, 15) is 5.11 Å². The number of ether oxygens (including phenoxy) is 1. The molecule has 0 spiro atoms. The Morgan fingerprint density at radius 3 is 2.40 bits per heavy atom. The zero-order chi connectivity index (χ0) is 10.6. The van der Waals surface area contributed by atoms with Crippen LogP contribution in [0.15, 0.2) is 30.3 Å². The highest BCUT2D eigenvalue weighted by atomic mass is 16.5. The fraction of sp³-hybridized carbons (Fsp3) is 0.538. The molecule has 2 heteroatoms. The number of rotatable bonds is 3. The lowest BCUT2D eigenvalue weighted by molar-refractivity contribution is -0.0339. The number of hydrogen-bond donors (Lipinski definition) is 1. The van der Waals surface area contributed by atoms with Crippen LogP contribution >= 0.6 is 0 Å². The molecule has 0 radical (unpaired) electrons. The highest BCUT2D eigenvalue weighted by Gasteiger charge is 2.29. The molecule has 82 valence electrons. The molecule has 0 aromatic heterocycles. The van der Waals surface area contributed by atoms with Crippen molar-refractivity contribution in [3.63, 3.8) is 0 Å². The summed E-state index contributed by atoms with van der Waals surface area (Å²) in [4.78, 5) is 0. The highest BCUT2D eigenvalue weighted by Crippen LogP contribution is 2.28. The van der Waals surface area contributed by atoms with E-state index >= 15 is 0 Å². The second-order valence-corrected chi connectivity index (χ2v) is 4.39. The Balaban J connectivity index is 1.87. The molecular formula is C13H18O2. The van der Waals surface area contributed by atoms with E-state index in [0.29, 0.717) is 6.61 Å². The van der Waals surface area contributed by atoms with Crippen molar-refractivity contribution in [2.75, 3.05) is 6.61 Å². The molecule has 1 aliphatic carbocycles. The number of aliphatic hydroxyl groups is 1. The van der Waals surface area contributed by atoms with Gasteiger partial charge in [0.2, 0.25) is 0 Å². The van der Waals surface area contributed by atoms with Crippen LogP contribution in [0.2, 0.25) is 0 Å². The number of hydrogen-bond acceptors (Lipinski definition) is 2. The fourth-order valence-electron chi connectivity index (χ4n) is 2.09. The maximum Gasteiger partial charge on any atom is 0.119 e. The molecule has 1 saturated carbocycles. The predicted molar refractivity (Wildman–Crippen MR) is 60.0 cm³/mol.